The molecule has 0 aliphatic carbocycles. The summed E-state index contributed by atoms with van der Waals surface area (Å²) in [5.74, 6) is -0.655. The van der Waals surface area contributed by atoms with Gasteiger partial charge in [0, 0.05) is 16.0 Å². The van der Waals surface area contributed by atoms with Crippen LogP contribution in [0.3, 0.4) is 0 Å². The van der Waals surface area contributed by atoms with E-state index in [1.807, 2.05) is 49.4 Å². The van der Waals surface area contributed by atoms with Gasteiger partial charge in [-0.15, -0.1) is 11.3 Å². The molecule has 28 heavy (non-hydrogen) atoms. The fourth-order valence-corrected chi connectivity index (χ4v) is 4.23. The van der Waals surface area contributed by atoms with Crippen LogP contribution in [0.4, 0.5) is 0 Å². The van der Waals surface area contributed by atoms with Crippen LogP contribution in [0.1, 0.15) is 21.5 Å². The van der Waals surface area contributed by atoms with E-state index in [1.54, 1.807) is 6.07 Å². The van der Waals surface area contributed by atoms with Crippen LogP contribution in [0.15, 0.2) is 58.7 Å². The van der Waals surface area contributed by atoms with Gasteiger partial charge in [0.15, 0.2) is 0 Å². The van der Waals surface area contributed by atoms with E-state index in [4.69, 9.17) is 11.6 Å². The SMILES string of the molecule is Cc1cccc(-c2nc3scc(C(=O)O)c3c(=O)n2Cc2ccccc2Cl)c1. The number of rotatable bonds is 4. The molecule has 0 unspecified atom stereocenters. The maximum Gasteiger partial charge on any atom is 0.337 e. The van der Waals surface area contributed by atoms with E-state index in [1.165, 1.54) is 9.95 Å². The molecule has 0 radical (unpaired) electrons. The van der Waals surface area contributed by atoms with Gasteiger partial charge in [0.2, 0.25) is 0 Å². The molecule has 140 valence electrons. The van der Waals surface area contributed by atoms with E-state index >= 15 is 0 Å². The van der Waals surface area contributed by atoms with Gasteiger partial charge in [-0.2, -0.15) is 0 Å². The summed E-state index contributed by atoms with van der Waals surface area (Å²) in [5.41, 5.74) is 2.17. The molecule has 2 aromatic carbocycles. The van der Waals surface area contributed by atoms with Gasteiger partial charge in [-0.1, -0.05) is 53.6 Å². The Morgan fingerprint density at radius 3 is 2.71 bits per heavy atom. The molecule has 0 fully saturated rings. The third kappa shape index (κ3) is 3.21. The van der Waals surface area contributed by atoms with Crippen LogP contribution in [-0.2, 0) is 6.54 Å². The quantitative estimate of drug-likeness (QED) is 0.522. The number of carbonyl (C=O) groups is 1. The monoisotopic (exact) mass is 410 g/mol. The summed E-state index contributed by atoms with van der Waals surface area (Å²) < 4.78 is 1.50. The summed E-state index contributed by atoms with van der Waals surface area (Å²) in [5, 5.41) is 11.6. The maximum atomic E-state index is 13.3. The summed E-state index contributed by atoms with van der Waals surface area (Å²) in [6.45, 7) is 2.16. The Morgan fingerprint density at radius 2 is 2.00 bits per heavy atom. The molecular weight excluding hydrogens is 396 g/mol. The fraction of sp³-hybridized carbons (Fsp3) is 0.0952. The summed E-state index contributed by atoms with van der Waals surface area (Å²) in [6.07, 6.45) is 0. The van der Waals surface area contributed by atoms with E-state index in [0.29, 0.717) is 15.7 Å². The Kier molecular flexibility index (Phi) is 4.75. The average Bonchev–Trinajstić information content (AvgIpc) is 3.10. The van der Waals surface area contributed by atoms with E-state index in [-0.39, 0.29) is 23.1 Å². The lowest BCUT2D eigenvalue weighted by Crippen LogP contribution is -2.25. The minimum atomic E-state index is -1.14. The highest BCUT2D eigenvalue weighted by Crippen LogP contribution is 2.27. The highest BCUT2D eigenvalue weighted by molar-refractivity contribution is 7.17. The normalized spacial score (nSPS) is 11.1. The predicted octanol–water partition coefficient (Wildman–Crippen LogP) is 4.83. The molecule has 0 atom stereocenters. The number of hydrogen-bond acceptors (Lipinski definition) is 4. The van der Waals surface area contributed by atoms with Crippen molar-refractivity contribution in [1.29, 1.82) is 0 Å². The number of aromatic carboxylic acids is 1. The molecule has 5 nitrogen and oxygen atoms in total. The Hall–Kier alpha value is -2.96. The number of aryl methyl sites for hydroxylation is 1. The number of nitrogens with zero attached hydrogens (tertiary/aromatic N) is 2. The lowest BCUT2D eigenvalue weighted by Gasteiger charge is -2.14. The van der Waals surface area contributed by atoms with Crippen LogP contribution in [0.5, 0.6) is 0 Å². The molecule has 0 saturated carbocycles. The smallest absolute Gasteiger partial charge is 0.337 e. The van der Waals surface area contributed by atoms with Crippen molar-refractivity contribution in [1.82, 2.24) is 9.55 Å². The standard InChI is InChI=1S/C21H15ClN2O3S/c1-12-5-4-7-13(9-12)18-23-19-17(15(11-28-19)21(26)27)20(25)24(18)10-14-6-2-3-8-16(14)22/h2-9,11H,10H2,1H3,(H,26,27). The minimum Gasteiger partial charge on any atom is -0.478 e. The van der Waals surface area contributed by atoms with E-state index in [0.717, 1.165) is 28.0 Å². The maximum absolute atomic E-state index is 13.3. The first-order valence-corrected chi connectivity index (χ1v) is 9.77. The molecule has 0 saturated heterocycles. The van der Waals surface area contributed by atoms with Crippen molar-refractivity contribution >= 4 is 39.1 Å². The molecule has 0 aliphatic rings. The number of thiophene rings is 1. The second-order valence-corrected chi connectivity index (χ2v) is 7.69. The number of halogens is 1. The number of carboxylic acid groups (broad SMARTS) is 1. The minimum absolute atomic E-state index is 0.0267. The van der Waals surface area contributed by atoms with Crippen molar-refractivity contribution in [2.24, 2.45) is 0 Å². The Labute approximate surface area is 169 Å². The Balaban J connectivity index is 2.03. The van der Waals surface area contributed by atoms with Crippen LogP contribution in [0.25, 0.3) is 21.6 Å². The molecule has 0 bridgehead atoms. The van der Waals surface area contributed by atoms with Crippen LogP contribution in [-0.4, -0.2) is 20.6 Å². The van der Waals surface area contributed by atoms with Crippen molar-refractivity contribution < 1.29 is 9.90 Å². The molecule has 2 heterocycles. The summed E-state index contributed by atoms with van der Waals surface area (Å²) in [7, 11) is 0. The summed E-state index contributed by atoms with van der Waals surface area (Å²) >= 11 is 7.46. The molecule has 4 rings (SSSR count). The molecule has 4 aromatic rings. The van der Waals surface area contributed by atoms with Crippen molar-refractivity contribution in [2.75, 3.05) is 0 Å². The topological polar surface area (TPSA) is 72.2 Å². The molecule has 7 heteroatoms. The Morgan fingerprint density at radius 1 is 1.21 bits per heavy atom. The zero-order chi connectivity index (χ0) is 19.8. The third-order valence-electron chi connectivity index (χ3n) is 4.49. The lowest BCUT2D eigenvalue weighted by atomic mass is 10.1. The number of hydrogen-bond donors (Lipinski definition) is 1. The number of fused-ring (bicyclic) bond motifs is 1. The first kappa shape index (κ1) is 18.4. The van der Waals surface area contributed by atoms with Crippen molar-refractivity contribution in [3.8, 4) is 11.4 Å². The van der Waals surface area contributed by atoms with E-state index < -0.39 is 5.97 Å². The number of carboxylic acids is 1. The first-order chi connectivity index (χ1) is 13.5. The number of aromatic nitrogens is 2. The molecular formula is C21H15ClN2O3S. The van der Waals surface area contributed by atoms with Gasteiger partial charge in [0.05, 0.1) is 17.5 Å². The van der Waals surface area contributed by atoms with Gasteiger partial charge in [-0.05, 0) is 24.6 Å². The van der Waals surface area contributed by atoms with Gasteiger partial charge in [-0.25, -0.2) is 9.78 Å². The predicted molar refractivity (Wildman–Crippen MR) is 112 cm³/mol. The number of benzene rings is 2. The molecule has 2 aromatic heterocycles. The van der Waals surface area contributed by atoms with Crippen molar-refractivity contribution in [3.05, 3.63) is 86.0 Å². The summed E-state index contributed by atoms with van der Waals surface area (Å²) in [6, 6.07) is 15.0. The van der Waals surface area contributed by atoms with Crippen molar-refractivity contribution in [2.45, 2.75) is 13.5 Å². The molecule has 0 spiro atoms. The van der Waals surface area contributed by atoms with E-state index in [9.17, 15) is 14.7 Å². The second kappa shape index (κ2) is 7.22. The van der Waals surface area contributed by atoms with Crippen molar-refractivity contribution in [3.63, 3.8) is 0 Å². The molecule has 1 N–H and O–H groups in total. The second-order valence-electron chi connectivity index (χ2n) is 6.42. The van der Waals surface area contributed by atoms with Crippen LogP contribution < -0.4 is 5.56 Å². The average molecular weight is 411 g/mol. The highest BCUT2D eigenvalue weighted by atomic mass is 35.5. The van der Waals surface area contributed by atoms with Gasteiger partial charge in [0.25, 0.3) is 5.56 Å². The fourth-order valence-electron chi connectivity index (χ4n) is 3.13. The summed E-state index contributed by atoms with van der Waals surface area (Å²) in [4.78, 5) is 30.0. The lowest BCUT2D eigenvalue weighted by molar-refractivity contribution is 0.0699. The van der Waals surface area contributed by atoms with E-state index in [2.05, 4.69) is 4.98 Å². The first-order valence-electron chi connectivity index (χ1n) is 8.51. The van der Waals surface area contributed by atoms with Gasteiger partial charge >= 0.3 is 5.97 Å². The third-order valence-corrected chi connectivity index (χ3v) is 5.73. The highest BCUT2D eigenvalue weighted by Gasteiger charge is 2.21. The van der Waals surface area contributed by atoms with Crippen LogP contribution >= 0.6 is 22.9 Å². The van der Waals surface area contributed by atoms with Gasteiger partial charge < -0.3 is 5.11 Å². The van der Waals surface area contributed by atoms with Gasteiger partial charge in [-0.3, -0.25) is 9.36 Å². The Bertz CT molecular complexity index is 1280. The zero-order valence-electron chi connectivity index (χ0n) is 14.8. The molecule has 0 amide bonds. The largest absolute Gasteiger partial charge is 0.478 e. The van der Waals surface area contributed by atoms with Crippen LogP contribution in [0.2, 0.25) is 5.02 Å². The zero-order valence-corrected chi connectivity index (χ0v) is 16.4. The molecule has 0 aliphatic heterocycles. The van der Waals surface area contributed by atoms with Gasteiger partial charge in [0.1, 0.15) is 10.7 Å². The van der Waals surface area contributed by atoms with Crippen LogP contribution in [0, 0.1) is 6.92 Å².